The zero-order chi connectivity index (χ0) is 24.1. The van der Waals surface area contributed by atoms with E-state index in [1.807, 2.05) is 19.1 Å². The van der Waals surface area contributed by atoms with Crippen molar-refractivity contribution < 1.29 is 19.6 Å². The molecule has 0 aliphatic carbocycles. The normalized spacial score (nSPS) is 11.8. The molecule has 1 heterocycles. The van der Waals surface area contributed by atoms with E-state index in [1.54, 1.807) is 48.5 Å². The van der Waals surface area contributed by atoms with Crippen LogP contribution in [0.5, 0.6) is 0 Å². The van der Waals surface area contributed by atoms with Crippen LogP contribution in [0.2, 0.25) is 0 Å². The van der Waals surface area contributed by atoms with Crippen molar-refractivity contribution >= 4 is 45.0 Å². The Bertz CT molecular complexity index is 1360. The monoisotopic (exact) mass is 460 g/mol. The topological polar surface area (TPSA) is 127 Å². The predicted octanol–water partition coefficient (Wildman–Crippen LogP) is 5.75. The van der Waals surface area contributed by atoms with E-state index >= 15 is 0 Å². The fourth-order valence-electron chi connectivity index (χ4n) is 3.67. The Kier molecular flexibility index (Phi) is 6.84. The number of benzene rings is 3. The van der Waals surface area contributed by atoms with Crippen LogP contribution in [0.4, 0.5) is 21.9 Å². The summed E-state index contributed by atoms with van der Waals surface area (Å²) in [5.41, 5.74) is 2.16. The minimum absolute atomic E-state index is 0.117. The molecule has 3 N–H and O–H groups in total. The van der Waals surface area contributed by atoms with Crippen LogP contribution in [0.15, 0.2) is 66.7 Å². The summed E-state index contributed by atoms with van der Waals surface area (Å²) < 4.78 is 5.12. The van der Waals surface area contributed by atoms with Crippen LogP contribution in [0.25, 0.3) is 21.8 Å². The lowest BCUT2D eigenvalue weighted by molar-refractivity contribution is -0.383. The molecule has 4 aromatic rings. The number of unbranched alkanes of at least 4 members (excludes halogenated alkanes) is 1. The number of nitro groups is 1. The van der Waals surface area contributed by atoms with Gasteiger partial charge in [-0.25, -0.2) is 9.78 Å². The highest BCUT2D eigenvalue weighted by Crippen LogP contribution is 2.36. The van der Waals surface area contributed by atoms with Crippen LogP contribution < -0.4 is 10.6 Å². The third-order valence-corrected chi connectivity index (χ3v) is 5.35. The first-order chi connectivity index (χ1) is 16.5. The molecule has 3 aromatic carbocycles. The van der Waals surface area contributed by atoms with Crippen LogP contribution in [-0.2, 0) is 4.74 Å². The number of non-ortho nitro benzene ring substituents is 1. The summed E-state index contributed by atoms with van der Waals surface area (Å²) in [5, 5.41) is 29.5. The molecule has 0 saturated heterocycles. The lowest BCUT2D eigenvalue weighted by atomic mass is 10.1. The number of aliphatic hydroxyl groups is 1. The molecule has 34 heavy (non-hydrogen) atoms. The average molecular weight is 460 g/mol. The molecule has 0 fully saturated rings. The second-order valence-electron chi connectivity index (χ2n) is 7.72. The van der Waals surface area contributed by atoms with Crippen molar-refractivity contribution in [3.8, 4) is 0 Å². The van der Waals surface area contributed by atoms with Gasteiger partial charge in [0.25, 0.3) is 5.69 Å². The Labute approximate surface area is 195 Å². The molecule has 1 amide bonds. The van der Waals surface area contributed by atoms with Crippen molar-refractivity contribution in [3.05, 3.63) is 82.4 Å². The molecule has 9 heteroatoms. The largest absolute Gasteiger partial charge is 0.449 e. The highest BCUT2D eigenvalue weighted by atomic mass is 16.6. The van der Waals surface area contributed by atoms with Gasteiger partial charge in [0.15, 0.2) is 11.7 Å². The summed E-state index contributed by atoms with van der Waals surface area (Å²) in [7, 11) is 0. The number of hydrogen-bond acceptors (Lipinski definition) is 7. The molecule has 1 atom stereocenters. The van der Waals surface area contributed by atoms with Gasteiger partial charge in [-0.1, -0.05) is 55.8 Å². The maximum Gasteiger partial charge on any atom is 0.411 e. The van der Waals surface area contributed by atoms with Gasteiger partial charge in [-0.3, -0.25) is 15.4 Å². The third-order valence-electron chi connectivity index (χ3n) is 5.35. The Balaban J connectivity index is 1.67. The number of nitro benzene ring substituents is 1. The summed E-state index contributed by atoms with van der Waals surface area (Å²) in [4.78, 5) is 27.6. The molecule has 1 unspecified atom stereocenters. The Morgan fingerprint density at radius 2 is 1.88 bits per heavy atom. The summed E-state index contributed by atoms with van der Waals surface area (Å²) in [6, 6.07) is 18.7. The highest BCUT2D eigenvalue weighted by Gasteiger charge is 2.19. The third kappa shape index (κ3) is 4.89. The van der Waals surface area contributed by atoms with Gasteiger partial charge < -0.3 is 15.2 Å². The smallest absolute Gasteiger partial charge is 0.411 e. The van der Waals surface area contributed by atoms with E-state index < -0.39 is 17.2 Å². The molecule has 0 radical (unpaired) electrons. The van der Waals surface area contributed by atoms with Gasteiger partial charge in [0.2, 0.25) is 0 Å². The maximum atomic E-state index is 12.0. The first-order valence-electron chi connectivity index (χ1n) is 10.9. The van der Waals surface area contributed by atoms with Gasteiger partial charge >= 0.3 is 6.09 Å². The van der Waals surface area contributed by atoms with Crippen LogP contribution >= 0.6 is 0 Å². The number of aliphatic hydroxyl groups excluding tert-OH is 1. The van der Waals surface area contributed by atoms with Gasteiger partial charge in [0, 0.05) is 28.1 Å². The minimum atomic E-state index is -1.16. The minimum Gasteiger partial charge on any atom is -0.449 e. The van der Waals surface area contributed by atoms with Crippen molar-refractivity contribution in [1.29, 1.82) is 0 Å². The van der Waals surface area contributed by atoms with Crippen LogP contribution in [0, 0.1) is 10.1 Å². The van der Waals surface area contributed by atoms with E-state index in [0.29, 0.717) is 39.8 Å². The molecular weight excluding hydrogens is 436 g/mol. The van der Waals surface area contributed by atoms with Gasteiger partial charge in [0.05, 0.1) is 22.7 Å². The molecular formula is C25H24N4O5. The average Bonchev–Trinajstić information content (AvgIpc) is 2.83. The molecule has 0 aliphatic rings. The summed E-state index contributed by atoms with van der Waals surface area (Å²) in [6.45, 7) is 2.34. The number of ether oxygens (including phenoxy) is 1. The summed E-state index contributed by atoms with van der Waals surface area (Å²) in [5.74, 6) is 0. The number of carbonyl (C=O) groups is 1. The molecule has 1 aromatic heterocycles. The quantitative estimate of drug-likeness (QED) is 0.100. The van der Waals surface area contributed by atoms with Crippen molar-refractivity contribution in [2.24, 2.45) is 0 Å². The first-order valence-corrected chi connectivity index (χ1v) is 10.9. The zero-order valence-electron chi connectivity index (χ0n) is 18.5. The summed E-state index contributed by atoms with van der Waals surface area (Å²) >= 11 is 0. The second-order valence-corrected chi connectivity index (χ2v) is 7.72. The van der Waals surface area contributed by atoms with Crippen molar-refractivity contribution in [2.45, 2.75) is 26.0 Å². The number of nitrogens with one attached hydrogen (secondary N) is 2. The number of aromatic nitrogens is 1. The van der Waals surface area contributed by atoms with E-state index in [1.165, 1.54) is 6.07 Å². The number of amides is 1. The molecule has 9 nitrogen and oxygen atoms in total. The van der Waals surface area contributed by atoms with Crippen LogP contribution in [0.3, 0.4) is 0 Å². The standard InChI is InChI=1S/C25H24N4O5/c1-2-3-14-34-25(31)26-17-9-6-8-16(15-17)24(30)28-22-18-10-4-5-12-20(18)27-23-19(22)11-7-13-21(23)29(32)33/h4-13,15,24,30H,2-3,14H2,1H3,(H,26,31)(H,27,28). The van der Waals surface area contributed by atoms with Crippen LogP contribution in [-0.4, -0.2) is 27.7 Å². The van der Waals surface area contributed by atoms with E-state index in [9.17, 15) is 20.0 Å². The molecule has 0 bridgehead atoms. The lowest BCUT2D eigenvalue weighted by Crippen LogP contribution is -2.15. The number of rotatable bonds is 8. The number of carbonyl (C=O) groups excluding carboxylic acids is 1. The molecule has 174 valence electrons. The Morgan fingerprint density at radius 1 is 1.12 bits per heavy atom. The van der Waals surface area contributed by atoms with Gasteiger partial charge in [-0.2, -0.15) is 0 Å². The van der Waals surface area contributed by atoms with Gasteiger partial charge in [-0.05, 0) is 24.6 Å². The lowest BCUT2D eigenvalue weighted by Gasteiger charge is -2.19. The summed E-state index contributed by atoms with van der Waals surface area (Å²) in [6.07, 6.45) is -0.0258. The number of nitrogens with zero attached hydrogens (tertiary/aromatic N) is 2. The van der Waals surface area contributed by atoms with Crippen LogP contribution in [0.1, 0.15) is 31.6 Å². The fourth-order valence-corrected chi connectivity index (χ4v) is 3.67. The molecule has 0 saturated carbocycles. The van der Waals surface area contributed by atoms with E-state index in [4.69, 9.17) is 4.74 Å². The Hall–Kier alpha value is -4.24. The zero-order valence-corrected chi connectivity index (χ0v) is 18.5. The SMILES string of the molecule is CCCCOC(=O)Nc1cccc(C(O)Nc2c3ccccc3nc3c([N+](=O)[O-])cccc23)c1. The number of pyridine rings is 1. The predicted molar refractivity (Wildman–Crippen MR) is 131 cm³/mol. The fraction of sp³-hybridized carbons (Fsp3) is 0.200. The second kappa shape index (κ2) is 10.1. The maximum absolute atomic E-state index is 12.0. The number of anilines is 2. The van der Waals surface area contributed by atoms with Crippen molar-refractivity contribution in [3.63, 3.8) is 0 Å². The van der Waals surface area contributed by atoms with E-state index in [0.717, 1.165) is 12.8 Å². The number of para-hydroxylation sites is 2. The molecule has 0 aliphatic heterocycles. The van der Waals surface area contributed by atoms with E-state index in [2.05, 4.69) is 15.6 Å². The van der Waals surface area contributed by atoms with Gasteiger partial charge in [-0.15, -0.1) is 0 Å². The number of hydrogen-bond donors (Lipinski definition) is 3. The Morgan fingerprint density at radius 3 is 2.68 bits per heavy atom. The van der Waals surface area contributed by atoms with Crippen molar-refractivity contribution in [1.82, 2.24) is 4.98 Å². The molecule has 4 rings (SSSR count). The highest BCUT2D eigenvalue weighted by molar-refractivity contribution is 6.09. The van der Waals surface area contributed by atoms with E-state index in [-0.39, 0.29) is 11.2 Å². The molecule has 0 spiro atoms. The van der Waals surface area contributed by atoms with Crippen molar-refractivity contribution in [2.75, 3.05) is 17.2 Å². The van der Waals surface area contributed by atoms with Gasteiger partial charge in [0.1, 0.15) is 0 Å². The number of fused-ring (bicyclic) bond motifs is 2. The first kappa shape index (κ1) is 22.9.